The van der Waals surface area contributed by atoms with Crippen LogP contribution in [-0.2, 0) is 6.54 Å². The topological polar surface area (TPSA) is 89.3 Å². The number of rotatable bonds is 5. The molecule has 156 valence electrons. The van der Waals surface area contributed by atoms with Crippen LogP contribution >= 0.6 is 28.1 Å². The molecule has 0 atom stereocenters. The third kappa shape index (κ3) is 4.89. The first-order valence-corrected chi connectivity index (χ1v) is 10.5. The average molecular weight is 497 g/mol. The number of carbonyl (C=O) groups is 1. The highest BCUT2D eigenvalue weighted by molar-refractivity contribution is 9.10. The first-order chi connectivity index (χ1) is 15.0. The lowest BCUT2D eigenvalue weighted by atomic mass is 10.1. The van der Waals surface area contributed by atoms with Gasteiger partial charge in [-0.15, -0.1) is 0 Å². The summed E-state index contributed by atoms with van der Waals surface area (Å²) in [4.78, 5) is 21.1. The number of fused-ring (bicyclic) bond motifs is 1. The average Bonchev–Trinajstić information content (AvgIpc) is 3.22. The maximum absolute atomic E-state index is 12.5. The summed E-state index contributed by atoms with van der Waals surface area (Å²) in [6, 6.07) is 16.5. The van der Waals surface area contributed by atoms with Crippen LogP contribution in [0.1, 0.15) is 15.9 Å². The SMILES string of the molecule is COc1ccc(Br)cc1C(=O)NC(=S)NCc1ccc(-c2nc3ncccc3o2)cc1. The van der Waals surface area contributed by atoms with Crippen LogP contribution in [-0.4, -0.2) is 28.1 Å². The molecule has 31 heavy (non-hydrogen) atoms. The molecular formula is C22H17BrN4O3S. The lowest BCUT2D eigenvalue weighted by molar-refractivity contribution is 0.0973. The molecule has 2 N–H and O–H groups in total. The molecule has 0 radical (unpaired) electrons. The van der Waals surface area contributed by atoms with Crippen molar-refractivity contribution < 1.29 is 13.9 Å². The number of carbonyl (C=O) groups excluding carboxylic acids is 1. The van der Waals surface area contributed by atoms with Crippen molar-refractivity contribution in [1.29, 1.82) is 0 Å². The molecule has 2 aromatic heterocycles. The number of hydrogen-bond acceptors (Lipinski definition) is 6. The molecule has 9 heteroatoms. The molecule has 0 aliphatic heterocycles. The van der Waals surface area contributed by atoms with Gasteiger partial charge in [-0.05, 0) is 60.2 Å². The number of nitrogens with one attached hydrogen (secondary N) is 2. The predicted molar refractivity (Wildman–Crippen MR) is 125 cm³/mol. The van der Waals surface area contributed by atoms with Gasteiger partial charge in [-0.1, -0.05) is 28.1 Å². The largest absolute Gasteiger partial charge is 0.496 e. The Morgan fingerprint density at radius 2 is 2.00 bits per heavy atom. The molecule has 0 unspecified atom stereocenters. The molecule has 0 saturated carbocycles. The van der Waals surface area contributed by atoms with Crippen LogP contribution in [0.15, 0.2) is 69.7 Å². The quantitative estimate of drug-likeness (QED) is 0.394. The minimum atomic E-state index is -0.351. The molecular weight excluding hydrogens is 480 g/mol. The highest BCUT2D eigenvalue weighted by atomic mass is 79.9. The van der Waals surface area contributed by atoms with Crippen molar-refractivity contribution >= 4 is 50.4 Å². The van der Waals surface area contributed by atoms with Gasteiger partial charge in [0.15, 0.2) is 16.3 Å². The van der Waals surface area contributed by atoms with E-state index in [1.165, 1.54) is 7.11 Å². The Bertz CT molecular complexity index is 1220. The van der Waals surface area contributed by atoms with Gasteiger partial charge >= 0.3 is 0 Å². The van der Waals surface area contributed by atoms with Gasteiger partial charge < -0.3 is 14.5 Å². The minimum absolute atomic E-state index is 0.223. The number of nitrogens with zero attached hydrogens (tertiary/aromatic N) is 2. The summed E-state index contributed by atoms with van der Waals surface area (Å²) in [6.07, 6.45) is 1.68. The first-order valence-electron chi connectivity index (χ1n) is 9.27. The third-order valence-corrected chi connectivity index (χ3v) is 5.19. The second-order valence-electron chi connectivity index (χ2n) is 6.52. The summed E-state index contributed by atoms with van der Waals surface area (Å²) in [5.74, 6) is 0.628. The lowest BCUT2D eigenvalue weighted by Crippen LogP contribution is -2.39. The van der Waals surface area contributed by atoms with E-state index < -0.39 is 0 Å². The number of methoxy groups -OCH3 is 1. The number of aromatic nitrogens is 2. The number of halogens is 1. The number of ether oxygens (including phenoxy) is 1. The van der Waals surface area contributed by atoms with E-state index >= 15 is 0 Å². The van der Waals surface area contributed by atoms with Crippen molar-refractivity contribution in [2.45, 2.75) is 6.54 Å². The Labute approximate surface area is 192 Å². The molecule has 4 rings (SSSR count). The fourth-order valence-corrected chi connectivity index (χ4v) is 3.44. The van der Waals surface area contributed by atoms with E-state index in [2.05, 4.69) is 36.5 Å². The smallest absolute Gasteiger partial charge is 0.261 e. The molecule has 2 aromatic carbocycles. The van der Waals surface area contributed by atoms with Crippen LogP contribution in [0.3, 0.4) is 0 Å². The highest BCUT2D eigenvalue weighted by Crippen LogP contribution is 2.24. The maximum atomic E-state index is 12.5. The van der Waals surface area contributed by atoms with Crippen molar-refractivity contribution in [3.8, 4) is 17.2 Å². The molecule has 0 saturated heterocycles. The number of amides is 1. The highest BCUT2D eigenvalue weighted by Gasteiger charge is 2.14. The van der Waals surface area contributed by atoms with Gasteiger partial charge in [0.25, 0.3) is 5.91 Å². The van der Waals surface area contributed by atoms with Gasteiger partial charge in [0.2, 0.25) is 5.89 Å². The van der Waals surface area contributed by atoms with Gasteiger partial charge in [-0.2, -0.15) is 4.98 Å². The summed E-state index contributed by atoms with van der Waals surface area (Å²) in [5.41, 5.74) is 3.44. The van der Waals surface area contributed by atoms with Gasteiger partial charge in [-0.25, -0.2) is 4.98 Å². The van der Waals surface area contributed by atoms with Gasteiger partial charge in [-0.3, -0.25) is 10.1 Å². The second kappa shape index (κ2) is 9.23. The Morgan fingerprint density at radius 3 is 2.74 bits per heavy atom. The van der Waals surface area contributed by atoms with E-state index in [1.807, 2.05) is 30.3 Å². The summed E-state index contributed by atoms with van der Waals surface area (Å²) < 4.78 is 11.7. The van der Waals surface area contributed by atoms with Gasteiger partial charge in [0.1, 0.15) is 5.75 Å². The van der Waals surface area contributed by atoms with Crippen molar-refractivity contribution in [1.82, 2.24) is 20.6 Å². The Balaban J connectivity index is 1.36. The van der Waals surface area contributed by atoms with Crippen LogP contribution in [0.5, 0.6) is 5.75 Å². The zero-order valence-corrected chi connectivity index (χ0v) is 18.8. The second-order valence-corrected chi connectivity index (χ2v) is 7.85. The number of oxazole rings is 1. The summed E-state index contributed by atoms with van der Waals surface area (Å²) in [6.45, 7) is 0.449. The van der Waals surface area contributed by atoms with Crippen molar-refractivity contribution in [3.05, 3.63) is 76.4 Å². The Kier molecular flexibility index (Phi) is 6.24. The molecule has 2 heterocycles. The molecule has 0 aliphatic rings. The number of thiocarbonyl (C=S) groups is 1. The van der Waals surface area contributed by atoms with Crippen molar-refractivity contribution in [2.24, 2.45) is 0 Å². The summed E-state index contributed by atoms with van der Waals surface area (Å²) >= 11 is 8.61. The molecule has 1 amide bonds. The lowest BCUT2D eigenvalue weighted by Gasteiger charge is -2.12. The standard InChI is InChI=1S/C22H17BrN4O3S/c1-29-17-9-8-15(23)11-16(17)20(28)27-22(31)25-12-13-4-6-14(7-5-13)21-26-19-18(30-21)3-2-10-24-19/h2-11H,12H2,1H3,(H2,25,27,28,31). The van der Waals surface area contributed by atoms with Gasteiger partial charge in [0, 0.05) is 22.8 Å². The molecule has 7 nitrogen and oxygen atoms in total. The normalized spacial score (nSPS) is 10.6. The minimum Gasteiger partial charge on any atom is -0.496 e. The summed E-state index contributed by atoms with van der Waals surface area (Å²) in [7, 11) is 1.51. The zero-order valence-electron chi connectivity index (χ0n) is 16.4. The first kappa shape index (κ1) is 21.0. The van der Waals surface area contributed by atoms with Crippen LogP contribution in [0.2, 0.25) is 0 Å². The van der Waals surface area contributed by atoms with E-state index in [0.29, 0.717) is 35.0 Å². The number of hydrogen-bond donors (Lipinski definition) is 2. The van der Waals surface area contributed by atoms with Crippen molar-refractivity contribution in [3.63, 3.8) is 0 Å². The van der Waals surface area contributed by atoms with Crippen LogP contribution in [0.25, 0.3) is 22.7 Å². The fourth-order valence-electron chi connectivity index (χ4n) is 2.91. The van der Waals surface area contributed by atoms with Crippen LogP contribution < -0.4 is 15.4 Å². The molecule has 0 spiro atoms. The van der Waals surface area contributed by atoms with Crippen LogP contribution in [0.4, 0.5) is 0 Å². The molecule has 4 aromatic rings. The summed E-state index contributed by atoms with van der Waals surface area (Å²) in [5, 5.41) is 5.92. The van der Waals surface area contributed by atoms with Crippen LogP contribution in [0, 0.1) is 0 Å². The predicted octanol–water partition coefficient (Wildman–Crippen LogP) is 4.47. The monoisotopic (exact) mass is 496 g/mol. The van der Waals surface area contributed by atoms with E-state index in [4.69, 9.17) is 21.4 Å². The van der Waals surface area contributed by atoms with E-state index in [9.17, 15) is 4.79 Å². The van der Waals surface area contributed by atoms with E-state index in [1.54, 1.807) is 30.5 Å². The Hall–Kier alpha value is -3.30. The fraction of sp³-hybridized carbons (Fsp3) is 0.0909. The Morgan fingerprint density at radius 1 is 1.19 bits per heavy atom. The number of pyridine rings is 1. The van der Waals surface area contributed by atoms with E-state index in [0.717, 1.165) is 15.6 Å². The zero-order chi connectivity index (χ0) is 21.8. The van der Waals surface area contributed by atoms with E-state index in [-0.39, 0.29) is 11.0 Å². The van der Waals surface area contributed by atoms with Gasteiger partial charge in [0.05, 0.1) is 12.7 Å². The number of benzene rings is 2. The van der Waals surface area contributed by atoms with Crippen molar-refractivity contribution in [2.75, 3.05) is 7.11 Å². The molecule has 0 aliphatic carbocycles. The molecule has 0 fully saturated rings. The third-order valence-electron chi connectivity index (χ3n) is 4.45. The maximum Gasteiger partial charge on any atom is 0.261 e. The molecule has 0 bridgehead atoms.